The van der Waals surface area contributed by atoms with Crippen molar-refractivity contribution in [2.45, 2.75) is 213 Å². The lowest BCUT2D eigenvalue weighted by molar-refractivity contribution is -0.870. The summed E-state index contributed by atoms with van der Waals surface area (Å²) >= 11 is 0. The van der Waals surface area contributed by atoms with Gasteiger partial charge in [0.1, 0.15) is 19.8 Å². The Balaban J connectivity index is 4.26. The molecule has 10 heteroatoms. The van der Waals surface area contributed by atoms with Crippen molar-refractivity contribution >= 4 is 19.8 Å². The highest BCUT2D eigenvalue weighted by atomic mass is 31.2. The van der Waals surface area contributed by atoms with E-state index in [0.717, 1.165) is 135 Å². The van der Waals surface area contributed by atoms with Gasteiger partial charge in [0.05, 0.1) is 27.7 Å². The summed E-state index contributed by atoms with van der Waals surface area (Å²) in [5.74, 6) is -0.883. The highest BCUT2D eigenvalue weighted by Gasteiger charge is 2.21. The molecular weight excluding hydrogens is 990 g/mol. The van der Waals surface area contributed by atoms with Crippen molar-refractivity contribution in [3.05, 3.63) is 158 Å². The maximum Gasteiger partial charge on any atom is 0.306 e. The Labute approximate surface area is 477 Å². The summed E-state index contributed by atoms with van der Waals surface area (Å²) in [6.07, 6.45) is 85.7. The molecule has 2 unspecified atom stereocenters. The van der Waals surface area contributed by atoms with Crippen LogP contribution >= 0.6 is 7.82 Å². The van der Waals surface area contributed by atoms with Crippen LogP contribution in [0.5, 0.6) is 0 Å². The summed E-state index contributed by atoms with van der Waals surface area (Å²) in [6, 6.07) is 0. The van der Waals surface area contributed by atoms with Crippen LogP contribution in [0.1, 0.15) is 206 Å². The maximum absolute atomic E-state index is 12.8. The fourth-order valence-electron chi connectivity index (χ4n) is 7.46. The number of ether oxygens (including phenoxy) is 2. The number of esters is 2. The monoisotopic (exact) mass is 1100 g/mol. The van der Waals surface area contributed by atoms with Gasteiger partial charge in [0.25, 0.3) is 7.82 Å². The van der Waals surface area contributed by atoms with Gasteiger partial charge in [0.15, 0.2) is 6.10 Å². The third-order valence-corrected chi connectivity index (χ3v) is 13.0. The fraction of sp³-hybridized carbons (Fsp3) is 0.588. The van der Waals surface area contributed by atoms with E-state index in [0.29, 0.717) is 23.9 Å². The summed E-state index contributed by atoms with van der Waals surface area (Å²) < 4.78 is 34.2. The molecule has 0 aliphatic carbocycles. The van der Waals surface area contributed by atoms with Gasteiger partial charge in [-0.1, -0.05) is 230 Å². The predicted molar refractivity (Wildman–Crippen MR) is 332 cm³/mol. The number of carbonyl (C=O) groups is 2. The minimum absolute atomic E-state index is 0.0461. The van der Waals surface area contributed by atoms with E-state index < -0.39 is 32.5 Å². The molecule has 9 nitrogen and oxygen atoms in total. The summed E-state index contributed by atoms with van der Waals surface area (Å²) in [4.78, 5) is 37.9. The van der Waals surface area contributed by atoms with Gasteiger partial charge in [0.2, 0.25) is 0 Å². The van der Waals surface area contributed by atoms with Crippen LogP contribution < -0.4 is 4.89 Å². The minimum atomic E-state index is -4.66. The van der Waals surface area contributed by atoms with Gasteiger partial charge in [-0.3, -0.25) is 14.2 Å². The first-order valence-electron chi connectivity index (χ1n) is 30.2. The van der Waals surface area contributed by atoms with Crippen LogP contribution in [0.15, 0.2) is 158 Å². The van der Waals surface area contributed by atoms with Gasteiger partial charge < -0.3 is 27.9 Å². The zero-order chi connectivity index (χ0) is 57.0. The number of unbranched alkanes of at least 4 members (excludes halogenated alkanes) is 13. The van der Waals surface area contributed by atoms with Crippen LogP contribution in [-0.4, -0.2) is 70.0 Å². The Morgan fingerprint density at radius 1 is 0.397 bits per heavy atom. The Hall–Kier alpha value is -4.37. The van der Waals surface area contributed by atoms with Crippen molar-refractivity contribution in [2.75, 3.05) is 47.5 Å². The molecule has 0 N–H and O–H groups in total. The zero-order valence-corrected chi connectivity index (χ0v) is 50.7. The SMILES string of the molecule is CC/C=C\C/C=C\C/C=C\C/C=C\C/C=C\C/C=C\C/C=C\CCCCCCCCCCCC(=O)OC(COC(=O)CCCCCC/C=C\C/C=C\C/C=C\C/C=C\C/C=C\C/C=C\CC)COP(=O)([O-])OCC[N+](C)(C)C. The van der Waals surface area contributed by atoms with Crippen LogP contribution in [0.3, 0.4) is 0 Å². The number of nitrogens with zero attached hydrogens (tertiary/aromatic N) is 1. The van der Waals surface area contributed by atoms with E-state index in [1.54, 1.807) is 0 Å². The number of hydrogen-bond acceptors (Lipinski definition) is 8. The molecule has 0 amide bonds. The molecule has 2 atom stereocenters. The Morgan fingerprint density at radius 3 is 1.03 bits per heavy atom. The molecule has 0 heterocycles. The third-order valence-electron chi connectivity index (χ3n) is 12.0. The molecule has 0 aromatic carbocycles. The summed E-state index contributed by atoms with van der Waals surface area (Å²) in [6.45, 7) is 3.95. The van der Waals surface area contributed by atoms with E-state index in [1.165, 1.54) is 32.1 Å². The summed E-state index contributed by atoms with van der Waals surface area (Å²) in [5, 5.41) is 0. The molecule has 0 bridgehead atoms. The molecule has 78 heavy (non-hydrogen) atoms. The molecule has 0 aliphatic rings. The lowest BCUT2D eigenvalue weighted by Crippen LogP contribution is -2.37. The molecule has 0 aromatic heterocycles. The average molecular weight is 1100 g/mol. The molecule has 0 fully saturated rings. The quantitative estimate of drug-likeness (QED) is 0.0195. The highest BCUT2D eigenvalue weighted by molar-refractivity contribution is 7.45. The Kier molecular flexibility index (Phi) is 54.1. The van der Waals surface area contributed by atoms with Crippen LogP contribution in [-0.2, 0) is 32.7 Å². The van der Waals surface area contributed by atoms with E-state index in [9.17, 15) is 19.0 Å². The van der Waals surface area contributed by atoms with Crippen molar-refractivity contribution in [1.29, 1.82) is 0 Å². The van der Waals surface area contributed by atoms with Gasteiger partial charge in [-0.05, 0) is 122 Å². The van der Waals surface area contributed by atoms with E-state index in [1.807, 2.05) is 21.1 Å². The van der Waals surface area contributed by atoms with Crippen molar-refractivity contribution in [3.63, 3.8) is 0 Å². The van der Waals surface area contributed by atoms with Crippen LogP contribution in [0.2, 0.25) is 0 Å². The first-order valence-corrected chi connectivity index (χ1v) is 31.7. The second-order valence-corrected chi connectivity index (χ2v) is 22.0. The highest BCUT2D eigenvalue weighted by Crippen LogP contribution is 2.38. The van der Waals surface area contributed by atoms with Gasteiger partial charge in [-0.15, -0.1) is 0 Å². The minimum Gasteiger partial charge on any atom is -0.756 e. The van der Waals surface area contributed by atoms with E-state index >= 15 is 0 Å². The number of quaternary nitrogens is 1. The second kappa shape index (κ2) is 57.3. The molecule has 0 rings (SSSR count). The van der Waals surface area contributed by atoms with Crippen molar-refractivity contribution in [2.24, 2.45) is 0 Å². The number of phosphoric ester groups is 1. The van der Waals surface area contributed by atoms with Crippen LogP contribution in [0.4, 0.5) is 0 Å². The van der Waals surface area contributed by atoms with Crippen LogP contribution in [0.25, 0.3) is 0 Å². The van der Waals surface area contributed by atoms with Gasteiger partial charge >= 0.3 is 11.9 Å². The fourth-order valence-corrected chi connectivity index (χ4v) is 8.19. The Bertz CT molecular complexity index is 1870. The summed E-state index contributed by atoms with van der Waals surface area (Å²) in [7, 11) is 1.12. The first kappa shape index (κ1) is 73.6. The standard InChI is InChI=1S/C68H110NO8P/c1-6-8-10-12-14-16-18-20-22-24-26-28-30-31-32-33-34-35-36-37-39-41-43-45-47-49-51-53-55-57-59-61-68(71)77-66(65-76-78(72,73)75-63-62-69(3,4)5)64-74-67(70)60-58-56-54-52-50-48-46-44-42-40-38-29-27-25-23-21-19-17-15-13-11-9-7-2/h8-11,14-17,20-23,26-29,31-32,34-35,37,39-40,42,46,48,66H,6-7,12-13,18-19,24-25,30,33,36,38,41,43-45,47,49-65H2,1-5H3/b10-8-,11-9-,16-14-,17-15-,22-20-,23-21-,28-26-,29-27-,32-31-,35-34-,39-37-,42-40-,48-46-. The molecule has 0 spiro atoms. The smallest absolute Gasteiger partial charge is 0.306 e. The number of carbonyl (C=O) groups excluding carboxylic acids is 2. The number of rotatable bonds is 53. The largest absolute Gasteiger partial charge is 0.756 e. The molecule has 0 radical (unpaired) electrons. The van der Waals surface area contributed by atoms with E-state index in [2.05, 4.69) is 172 Å². The first-order chi connectivity index (χ1) is 38.0. The van der Waals surface area contributed by atoms with Crippen molar-refractivity contribution in [3.8, 4) is 0 Å². The van der Waals surface area contributed by atoms with Crippen molar-refractivity contribution in [1.82, 2.24) is 0 Å². The molecule has 0 saturated heterocycles. The maximum atomic E-state index is 12.8. The number of hydrogen-bond donors (Lipinski definition) is 0. The van der Waals surface area contributed by atoms with Gasteiger partial charge in [-0.25, -0.2) is 0 Å². The molecule has 440 valence electrons. The lowest BCUT2D eigenvalue weighted by atomic mass is 10.1. The molecule has 0 aliphatic heterocycles. The number of allylic oxidation sites excluding steroid dienone is 26. The summed E-state index contributed by atoms with van der Waals surface area (Å²) in [5.41, 5.74) is 0. The normalized spacial score (nSPS) is 14.4. The number of likely N-dealkylation sites (N-methyl/N-ethyl adjacent to an activating group) is 1. The van der Waals surface area contributed by atoms with E-state index in [-0.39, 0.29) is 26.1 Å². The van der Waals surface area contributed by atoms with Gasteiger partial charge in [0, 0.05) is 12.8 Å². The third kappa shape index (κ3) is 60.9. The topological polar surface area (TPSA) is 111 Å². The predicted octanol–water partition coefficient (Wildman–Crippen LogP) is 18.6. The van der Waals surface area contributed by atoms with E-state index in [4.69, 9.17) is 18.5 Å². The molecule has 0 aromatic rings. The van der Waals surface area contributed by atoms with Gasteiger partial charge in [-0.2, -0.15) is 0 Å². The average Bonchev–Trinajstić information content (AvgIpc) is 3.40. The van der Waals surface area contributed by atoms with Crippen molar-refractivity contribution < 1.29 is 42.1 Å². The number of phosphoric acid groups is 1. The Morgan fingerprint density at radius 2 is 0.692 bits per heavy atom. The molecule has 0 saturated carbocycles. The zero-order valence-electron chi connectivity index (χ0n) is 49.8. The lowest BCUT2D eigenvalue weighted by Gasteiger charge is -2.28. The van der Waals surface area contributed by atoms with Crippen LogP contribution in [0, 0.1) is 0 Å². The second-order valence-electron chi connectivity index (χ2n) is 20.6. The molecular formula is C68H110NO8P.